The lowest BCUT2D eigenvalue weighted by Gasteiger charge is -2.22. The molecule has 0 unspecified atom stereocenters. The Morgan fingerprint density at radius 1 is 1.37 bits per heavy atom. The molecule has 0 radical (unpaired) electrons. The van der Waals surface area contributed by atoms with Gasteiger partial charge in [0.2, 0.25) is 5.91 Å². The second kappa shape index (κ2) is 7.04. The second-order valence-electron chi connectivity index (χ2n) is 5.33. The van der Waals surface area contributed by atoms with E-state index in [9.17, 15) is 4.79 Å². The molecule has 1 aliphatic carbocycles. The van der Waals surface area contributed by atoms with Crippen molar-refractivity contribution in [2.24, 2.45) is 5.92 Å². The average Bonchev–Trinajstić information content (AvgIpc) is 2.46. The van der Waals surface area contributed by atoms with Gasteiger partial charge in [-0.25, -0.2) is 4.98 Å². The molecule has 1 amide bonds. The lowest BCUT2D eigenvalue weighted by Crippen LogP contribution is -2.27. The van der Waals surface area contributed by atoms with Gasteiger partial charge in [0.05, 0.1) is 0 Å². The molecule has 1 aliphatic rings. The van der Waals surface area contributed by atoms with E-state index < -0.39 is 0 Å². The van der Waals surface area contributed by atoms with Crippen LogP contribution in [0.5, 0.6) is 0 Å². The Morgan fingerprint density at radius 2 is 2.11 bits per heavy atom. The summed E-state index contributed by atoms with van der Waals surface area (Å²) in [4.78, 5) is 18.1. The highest BCUT2D eigenvalue weighted by Crippen LogP contribution is 2.27. The third kappa shape index (κ3) is 4.30. The van der Waals surface area contributed by atoms with Gasteiger partial charge in [-0.1, -0.05) is 32.1 Å². The predicted molar refractivity (Wildman–Crippen MR) is 81.2 cm³/mol. The lowest BCUT2D eigenvalue weighted by molar-refractivity contribution is -0.118. The highest BCUT2D eigenvalue weighted by molar-refractivity contribution is 9.10. The topological polar surface area (TPSA) is 33.2 Å². The Bertz CT molecular complexity index is 413. The Morgan fingerprint density at radius 3 is 2.74 bits per heavy atom. The van der Waals surface area contributed by atoms with Gasteiger partial charge in [-0.2, -0.15) is 0 Å². The van der Waals surface area contributed by atoms with Crippen LogP contribution < -0.4 is 4.90 Å². The standard InChI is InChI=1S/C15H21BrN2O/c1-18(14-9-8-13(16)11-17-14)15(19)10-7-12-5-3-2-4-6-12/h8-9,11-12H,2-7,10H2,1H3. The van der Waals surface area contributed by atoms with Crippen LogP contribution >= 0.6 is 15.9 Å². The van der Waals surface area contributed by atoms with E-state index in [4.69, 9.17) is 0 Å². The van der Waals surface area contributed by atoms with Gasteiger partial charge >= 0.3 is 0 Å². The molecule has 1 fully saturated rings. The fourth-order valence-electron chi connectivity index (χ4n) is 2.67. The number of halogens is 1. The van der Waals surface area contributed by atoms with E-state index in [0.29, 0.717) is 6.42 Å². The first kappa shape index (κ1) is 14.5. The van der Waals surface area contributed by atoms with Crippen molar-refractivity contribution in [2.75, 3.05) is 11.9 Å². The van der Waals surface area contributed by atoms with Crippen molar-refractivity contribution in [3.05, 3.63) is 22.8 Å². The number of carbonyl (C=O) groups excluding carboxylic acids is 1. The summed E-state index contributed by atoms with van der Waals surface area (Å²) in [7, 11) is 1.81. The quantitative estimate of drug-likeness (QED) is 0.832. The fraction of sp³-hybridized carbons (Fsp3) is 0.600. The number of aromatic nitrogens is 1. The normalized spacial score (nSPS) is 16.3. The van der Waals surface area contributed by atoms with Crippen molar-refractivity contribution in [1.82, 2.24) is 4.98 Å². The lowest BCUT2D eigenvalue weighted by atomic mass is 9.86. The van der Waals surface area contributed by atoms with E-state index in [2.05, 4.69) is 20.9 Å². The Labute approximate surface area is 123 Å². The number of hydrogen-bond donors (Lipinski definition) is 0. The molecular weight excluding hydrogens is 304 g/mol. The summed E-state index contributed by atoms with van der Waals surface area (Å²) in [6, 6.07) is 3.77. The van der Waals surface area contributed by atoms with E-state index in [1.54, 1.807) is 18.1 Å². The summed E-state index contributed by atoms with van der Waals surface area (Å²) in [5, 5.41) is 0. The first-order valence-corrected chi connectivity index (χ1v) is 7.84. The van der Waals surface area contributed by atoms with Crippen molar-refractivity contribution in [1.29, 1.82) is 0 Å². The maximum atomic E-state index is 12.1. The molecule has 0 atom stereocenters. The summed E-state index contributed by atoms with van der Waals surface area (Å²) in [5.41, 5.74) is 0. The zero-order valence-corrected chi connectivity index (χ0v) is 13.0. The van der Waals surface area contributed by atoms with Crippen LogP contribution in [0.2, 0.25) is 0 Å². The third-order valence-corrected chi connectivity index (χ3v) is 4.39. The van der Waals surface area contributed by atoms with Gasteiger partial charge in [-0.15, -0.1) is 0 Å². The molecule has 19 heavy (non-hydrogen) atoms. The van der Waals surface area contributed by atoms with Crippen LogP contribution in [0.25, 0.3) is 0 Å². The molecule has 0 aliphatic heterocycles. The molecule has 0 aromatic carbocycles. The van der Waals surface area contributed by atoms with Gasteiger partial charge in [0.25, 0.3) is 0 Å². The SMILES string of the molecule is CN(C(=O)CCC1CCCCC1)c1ccc(Br)cn1. The van der Waals surface area contributed by atoms with Crippen LogP contribution in [0.4, 0.5) is 5.82 Å². The average molecular weight is 325 g/mol. The molecule has 0 saturated heterocycles. The van der Waals surface area contributed by atoms with Crippen molar-refractivity contribution in [3.63, 3.8) is 0 Å². The molecule has 3 nitrogen and oxygen atoms in total. The van der Waals surface area contributed by atoms with E-state index >= 15 is 0 Å². The van der Waals surface area contributed by atoms with Gasteiger partial charge in [-0.05, 0) is 40.4 Å². The molecule has 2 rings (SSSR count). The molecule has 0 N–H and O–H groups in total. The van der Waals surface area contributed by atoms with E-state index in [1.807, 2.05) is 12.1 Å². The maximum Gasteiger partial charge on any atom is 0.227 e. The highest BCUT2D eigenvalue weighted by atomic mass is 79.9. The summed E-state index contributed by atoms with van der Waals surface area (Å²) in [6.07, 6.45) is 10.0. The van der Waals surface area contributed by atoms with Crippen molar-refractivity contribution < 1.29 is 4.79 Å². The summed E-state index contributed by atoms with van der Waals surface area (Å²) < 4.78 is 0.930. The van der Waals surface area contributed by atoms with Crippen LogP contribution in [0.1, 0.15) is 44.9 Å². The first-order valence-electron chi connectivity index (χ1n) is 7.05. The van der Waals surface area contributed by atoms with Gasteiger partial charge in [0.1, 0.15) is 5.82 Å². The molecule has 1 aromatic rings. The minimum atomic E-state index is 0.167. The minimum Gasteiger partial charge on any atom is -0.300 e. The first-order chi connectivity index (χ1) is 9.16. The molecule has 4 heteroatoms. The largest absolute Gasteiger partial charge is 0.300 e. The van der Waals surface area contributed by atoms with Crippen molar-refractivity contribution >= 4 is 27.7 Å². The molecule has 104 valence electrons. The zero-order chi connectivity index (χ0) is 13.7. The summed E-state index contributed by atoms with van der Waals surface area (Å²) in [5.74, 6) is 1.64. The number of anilines is 1. The van der Waals surface area contributed by atoms with Crippen molar-refractivity contribution in [2.45, 2.75) is 44.9 Å². The Balaban J connectivity index is 1.83. The Hall–Kier alpha value is -0.900. The van der Waals surface area contributed by atoms with Crippen LogP contribution in [0.3, 0.4) is 0 Å². The maximum absolute atomic E-state index is 12.1. The zero-order valence-electron chi connectivity index (χ0n) is 11.4. The molecule has 1 saturated carbocycles. The fourth-order valence-corrected chi connectivity index (χ4v) is 2.90. The highest BCUT2D eigenvalue weighted by Gasteiger charge is 2.17. The van der Waals surface area contributed by atoms with Crippen LogP contribution in [0.15, 0.2) is 22.8 Å². The smallest absolute Gasteiger partial charge is 0.227 e. The van der Waals surface area contributed by atoms with Crippen molar-refractivity contribution in [3.8, 4) is 0 Å². The second-order valence-corrected chi connectivity index (χ2v) is 6.25. The number of amides is 1. The number of pyridine rings is 1. The molecular formula is C15H21BrN2O. The van der Waals surface area contributed by atoms with Gasteiger partial charge < -0.3 is 0 Å². The number of rotatable bonds is 4. The van der Waals surface area contributed by atoms with Gasteiger partial charge in [0.15, 0.2) is 0 Å². The number of carbonyl (C=O) groups is 1. The summed E-state index contributed by atoms with van der Waals surface area (Å²) >= 11 is 3.35. The van der Waals surface area contributed by atoms with E-state index in [0.717, 1.165) is 22.6 Å². The third-order valence-electron chi connectivity index (χ3n) is 3.92. The molecule has 1 heterocycles. The number of hydrogen-bond acceptors (Lipinski definition) is 2. The molecule has 0 spiro atoms. The van der Waals surface area contributed by atoms with Crippen LogP contribution in [0, 0.1) is 5.92 Å². The van der Waals surface area contributed by atoms with Crippen LogP contribution in [-0.2, 0) is 4.79 Å². The molecule has 0 bridgehead atoms. The van der Waals surface area contributed by atoms with E-state index in [-0.39, 0.29) is 5.91 Å². The predicted octanol–water partition coefficient (Wildman–Crippen LogP) is 4.17. The van der Waals surface area contributed by atoms with Crippen LogP contribution in [-0.4, -0.2) is 17.9 Å². The van der Waals surface area contributed by atoms with Gasteiger partial charge in [0, 0.05) is 24.1 Å². The van der Waals surface area contributed by atoms with E-state index in [1.165, 1.54) is 32.1 Å². The monoisotopic (exact) mass is 324 g/mol. The number of nitrogens with zero attached hydrogens (tertiary/aromatic N) is 2. The van der Waals surface area contributed by atoms with Gasteiger partial charge in [-0.3, -0.25) is 9.69 Å². The molecule has 1 aromatic heterocycles. The minimum absolute atomic E-state index is 0.167. The summed E-state index contributed by atoms with van der Waals surface area (Å²) in [6.45, 7) is 0. The Kier molecular flexibility index (Phi) is 5.37.